The van der Waals surface area contributed by atoms with Crippen molar-refractivity contribution < 1.29 is 19.0 Å². The molecule has 0 saturated carbocycles. The van der Waals surface area contributed by atoms with Gasteiger partial charge in [0, 0.05) is 75.7 Å². The van der Waals surface area contributed by atoms with Crippen molar-refractivity contribution >= 4 is 11.6 Å². The lowest BCUT2D eigenvalue weighted by molar-refractivity contribution is -0.137. The maximum absolute atomic E-state index is 13.0. The van der Waals surface area contributed by atoms with Crippen LogP contribution in [0.4, 0.5) is 5.69 Å². The summed E-state index contributed by atoms with van der Waals surface area (Å²) in [5.74, 6) is 1.09. The van der Waals surface area contributed by atoms with Crippen LogP contribution in [0.15, 0.2) is 29.1 Å². The van der Waals surface area contributed by atoms with Crippen LogP contribution in [0.2, 0.25) is 0 Å². The maximum atomic E-state index is 13.0. The van der Waals surface area contributed by atoms with Crippen molar-refractivity contribution in [2.45, 2.75) is 58.1 Å². The first-order valence-corrected chi connectivity index (χ1v) is 14.1. The summed E-state index contributed by atoms with van der Waals surface area (Å²) in [5.41, 5.74) is 5.20. The van der Waals surface area contributed by atoms with E-state index in [0.29, 0.717) is 25.0 Å². The summed E-state index contributed by atoms with van der Waals surface area (Å²) < 4.78 is 18.8. The lowest BCUT2D eigenvalue weighted by atomic mass is 9.92. The van der Waals surface area contributed by atoms with Crippen molar-refractivity contribution in [2.75, 3.05) is 58.5 Å². The third-order valence-electron chi connectivity index (χ3n) is 8.44. The van der Waals surface area contributed by atoms with Crippen LogP contribution in [0, 0.1) is 12.8 Å². The van der Waals surface area contributed by atoms with E-state index in [1.54, 1.807) is 20.3 Å². The second kappa shape index (κ2) is 11.9. The first kappa shape index (κ1) is 26.8. The Kier molecular flexibility index (Phi) is 8.39. The van der Waals surface area contributed by atoms with Crippen molar-refractivity contribution in [1.82, 2.24) is 9.47 Å². The van der Waals surface area contributed by atoms with Crippen molar-refractivity contribution in [1.29, 1.82) is 0 Å². The summed E-state index contributed by atoms with van der Waals surface area (Å²) in [6.07, 6.45) is 6.02. The third-order valence-corrected chi connectivity index (χ3v) is 8.44. The zero-order chi connectivity index (χ0) is 26.6. The number of benzene rings is 1. The molecule has 3 aliphatic rings. The molecule has 3 aliphatic heterocycles. The Balaban J connectivity index is 1.31. The molecule has 1 aromatic heterocycles. The van der Waals surface area contributed by atoms with Gasteiger partial charge in [0.15, 0.2) is 11.3 Å². The quantitative estimate of drug-likeness (QED) is 0.526. The number of ether oxygens (including phenoxy) is 3. The highest BCUT2D eigenvalue weighted by Gasteiger charge is 2.30. The Morgan fingerprint density at radius 1 is 1.00 bits per heavy atom. The minimum absolute atomic E-state index is 0.0238. The molecular formula is C30H41N3O5. The maximum Gasteiger partial charge on any atom is 0.225 e. The number of piperidine rings is 2. The molecule has 8 heteroatoms. The van der Waals surface area contributed by atoms with Gasteiger partial charge in [-0.3, -0.25) is 9.59 Å². The van der Waals surface area contributed by atoms with Crippen LogP contribution in [-0.2, 0) is 27.2 Å². The Morgan fingerprint density at radius 3 is 2.47 bits per heavy atom. The summed E-state index contributed by atoms with van der Waals surface area (Å²) in [7, 11) is 3.26. The van der Waals surface area contributed by atoms with Gasteiger partial charge in [0.05, 0.1) is 12.3 Å². The summed E-state index contributed by atoms with van der Waals surface area (Å²) >= 11 is 0. The van der Waals surface area contributed by atoms with E-state index in [2.05, 4.69) is 32.6 Å². The number of nitrogens with zero attached hydrogens (tertiary/aromatic N) is 3. The van der Waals surface area contributed by atoms with Gasteiger partial charge >= 0.3 is 0 Å². The second-order valence-electron chi connectivity index (χ2n) is 10.8. The van der Waals surface area contributed by atoms with E-state index in [0.717, 1.165) is 81.6 Å². The predicted molar refractivity (Wildman–Crippen MR) is 148 cm³/mol. The van der Waals surface area contributed by atoms with E-state index in [4.69, 9.17) is 14.2 Å². The third kappa shape index (κ3) is 5.47. The Labute approximate surface area is 225 Å². The molecule has 0 spiro atoms. The van der Waals surface area contributed by atoms with Gasteiger partial charge in [-0.15, -0.1) is 0 Å². The average Bonchev–Trinajstić information content (AvgIpc) is 2.97. The molecule has 1 atom stereocenters. The van der Waals surface area contributed by atoms with E-state index in [1.165, 1.54) is 17.7 Å². The lowest BCUT2D eigenvalue weighted by Gasteiger charge is -2.37. The number of rotatable bonds is 8. The monoisotopic (exact) mass is 523 g/mol. The van der Waals surface area contributed by atoms with Crippen molar-refractivity contribution in [3.05, 3.63) is 45.6 Å². The predicted octanol–water partition coefficient (Wildman–Crippen LogP) is 3.65. The minimum Gasteiger partial charge on any atom is -0.476 e. The van der Waals surface area contributed by atoms with Crippen LogP contribution in [0.3, 0.4) is 0 Å². The number of fused-ring (bicyclic) bond motifs is 3. The summed E-state index contributed by atoms with van der Waals surface area (Å²) in [5, 5.41) is 0. The zero-order valence-electron chi connectivity index (χ0n) is 23.0. The number of methoxy groups -OCH3 is 2. The van der Waals surface area contributed by atoms with Crippen LogP contribution in [0.25, 0.3) is 11.3 Å². The normalized spacial score (nSPS) is 18.6. The second-order valence-corrected chi connectivity index (χ2v) is 10.8. The zero-order valence-corrected chi connectivity index (χ0v) is 23.0. The van der Waals surface area contributed by atoms with Gasteiger partial charge in [-0.2, -0.15) is 0 Å². The summed E-state index contributed by atoms with van der Waals surface area (Å²) in [6.45, 7) is 7.05. The van der Waals surface area contributed by atoms with Crippen LogP contribution >= 0.6 is 0 Å². The van der Waals surface area contributed by atoms with Crippen LogP contribution in [0.5, 0.6) is 5.88 Å². The molecule has 1 amide bonds. The number of aryl methyl sites for hydroxylation is 1. The van der Waals surface area contributed by atoms with E-state index in [-0.39, 0.29) is 17.5 Å². The summed E-state index contributed by atoms with van der Waals surface area (Å²) in [4.78, 5) is 30.4. The number of pyridine rings is 1. The molecule has 2 fully saturated rings. The van der Waals surface area contributed by atoms with Crippen molar-refractivity contribution in [3.63, 3.8) is 0 Å². The van der Waals surface area contributed by atoms with E-state index < -0.39 is 0 Å². The van der Waals surface area contributed by atoms with Crippen molar-refractivity contribution in [3.8, 4) is 17.1 Å². The molecule has 8 nitrogen and oxygen atoms in total. The Hall–Kier alpha value is -2.84. The molecule has 206 valence electrons. The highest BCUT2D eigenvalue weighted by molar-refractivity contribution is 5.79. The molecule has 2 aromatic rings. The SMILES string of the molecule is COC[C@@H](COc1cc(=O)c(C)c2n1CCc1cc(N3CCC(C(=O)N4CCCCC4)CC3)ccc1-2)OC. The first-order chi connectivity index (χ1) is 18.5. The largest absolute Gasteiger partial charge is 0.476 e. The lowest BCUT2D eigenvalue weighted by Crippen LogP contribution is -2.44. The van der Waals surface area contributed by atoms with Gasteiger partial charge in [0.2, 0.25) is 5.91 Å². The summed E-state index contributed by atoms with van der Waals surface area (Å²) in [6, 6.07) is 8.19. The fraction of sp³-hybridized carbons (Fsp3) is 0.600. The number of carbonyl (C=O) groups excluding carboxylic acids is 1. The molecule has 0 bridgehead atoms. The average molecular weight is 524 g/mol. The number of amides is 1. The molecule has 5 rings (SSSR count). The highest BCUT2D eigenvalue weighted by atomic mass is 16.6. The van der Waals surface area contributed by atoms with Crippen molar-refractivity contribution in [2.24, 2.45) is 5.92 Å². The number of likely N-dealkylation sites (tertiary alicyclic amines) is 1. The van der Waals surface area contributed by atoms with Crippen LogP contribution in [-0.4, -0.2) is 75.1 Å². The highest BCUT2D eigenvalue weighted by Crippen LogP contribution is 2.36. The number of hydrogen-bond donors (Lipinski definition) is 0. The molecular weight excluding hydrogens is 482 g/mol. The fourth-order valence-electron chi connectivity index (χ4n) is 6.17. The molecule has 1 aromatic carbocycles. The topological polar surface area (TPSA) is 73.2 Å². The fourth-order valence-corrected chi connectivity index (χ4v) is 6.17. The Bertz CT molecular complexity index is 1200. The smallest absolute Gasteiger partial charge is 0.225 e. The molecule has 0 aliphatic carbocycles. The molecule has 0 unspecified atom stereocenters. The van der Waals surface area contributed by atoms with E-state index in [1.807, 2.05) is 6.92 Å². The van der Waals surface area contributed by atoms with Crippen LogP contribution < -0.4 is 15.1 Å². The van der Waals surface area contributed by atoms with E-state index in [9.17, 15) is 9.59 Å². The number of aromatic nitrogens is 1. The minimum atomic E-state index is -0.203. The molecule has 4 heterocycles. The van der Waals surface area contributed by atoms with Gasteiger partial charge in [-0.25, -0.2) is 0 Å². The molecule has 2 saturated heterocycles. The van der Waals surface area contributed by atoms with Gasteiger partial charge in [0.1, 0.15) is 12.7 Å². The number of anilines is 1. The molecule has 0 N–H and O–H groups in total. The van der Waals surface area contributed by atoms with Crippen LogP contribution in [0.1, 0.15) is 43.2 Å². The number of hydrogen-bond acceptors (Lipinski definition) is 6. The van der Waals surface area contributed by atoms with Gasteiger partial charge < -0.3 is 28.6 Å². The Morgan fingerprint density at radius 2 is 1.76 bits per heavy atom. The molecule has 0 radical (unpaired) electrons. The number of carbonyl (C=O) groups is 1. The van der Waals surface area contributed by atoms with Gasteiger partial charge in [-0.1, -0.05) is 6.07 Å². The van der Waals surface area contributed by atoms with Gasteiger partial charge in [-0.05, 0) is 63.1 Å². The molecule has 38 heavy (non-hydrogen) atoms. The van der Waals surface area contributed by atoms with Gasteiger partial charge in [0.25, 0.3) is 0 Å². The standard InChI is InChI=1S/C30H41N3O5/c1-21-27(34)18-28(38-20-25(37-3)19-36-2)33-16-11-23-17-24(7-8-26(23)29(21)33)31-14-9-22(10-15-31)30(35)32-12-5-4-6-13-32/h7-8,17-18,22,25H,4-6,9-16,19-20H2,1-3H3/t25-/m0/s1. The van der Waals surface area contributed by atoms with E-state index >= 15 is 0 Å². The first-order valence-electron chi connectivity index (χ1n) is 14.1.